The highest BCUT2D eigenvalue weighted by molar-refractivity contribution is 6.04. The number of ether oxygens (including phenoxy) is 3. The first kappa shape index (κ1) is 32.4. The highest BCUT2D eigenvalue weighted by Crippen LogP contribution is 2.77. The van der Waals surface area contributed by atoms with Crippen LogP contribution in [0.15, 0.2) is 35.9 Å². The monoisotopic (exact) mass is 616 g/mol. The Kier molecular flexibility index (Phi) is 7.73. The van der Waals surface area contributed by atoms with Crippen molar-refractivity contribution in [2.45, 2.75) is 99.3 Å². The number of rotatable bonds is 5. The predicted octanol–water partition coefficient (Wildman–Crippen LogP) is 9.10. The molecule has 5 saturated carbocycles. The van der Waals surface area contributed by atoms with Crippen LogP contribution in [0.5, 0.6) is 11.5 Å². The Balaban J connectivity index is 1.42. The topological polar surface area (TPSA) is 61.8 Å². The van der Waals surface area contributed by atoms with Crippen LogP contribution in [0.2, 0.25) is 0 Å². The Hall–Kier alpha value is -2.56. The first-order valence-corrected chi connectivity index (χ1v) is 17.4. The van der Waals surface area contributed by atoms with Crippen molar-refractivity contribution in [2.75, 3.05) is 21.3 Å². The van der Waals surface area contributed by atoms with Gasteiger partial charge in [0.15, 0.2) is 17.3 Å². The van der Waals surface area contributed by atoms with Gasteiger partial charge >= 0.3 is 5.97 Å². The smallest absolute Gasteiger partial charge is 0.312 e. The van der Waals surface area contributed by atoms with Crippen molar-refractivity contribution in [1.29, 1.82) is 0 Å². The molecular formula is C40H56O5. The van der Waals surface area contributed by atoms with Gasteiger partial charge in [0, 0.05) is 11.0 Å². The van der Waals surface area contributed by atoms with Gasteiger partial charge in [-0.15, -0.1) is 0 Å². The summed E-state index contributed by atoms with van der Waals surface area (Å²) in [7, 11) is 4.89. The van der Waals surface area contributed by atoms with Gasteiger partial charge in [-0.05, 0) is 128 Å². The summed E-state index contributed by atoms with van der Waals surface area (Å²) in [6.07, 6.45) is 11.3. The maximum atomic E-state index is 14.3. The minimum Gasteiger partial charge on any atom is -0.493 e. The summed E-state index contributed by atoms with van der Waals surface area (Å²) in [4.78, 5) is 27.9. The number of Topliss-reactive ketones (excluding diaryl/α,β-unsaturated/α-hetero) is 1. The average Bonchev–Trinajstić information content (AvgIpc) is 3.41. The number of hydrogen-bond donors (Lipinski definition) is 0. The largest absolute Gasteiger partial charge is 0.493 e. The van der Waals surface area contributed by atoms with Crippen LogP contribution in [0.1, 0.15) is 105 Å². The number of ketones is 1. The van der Waals surface area contributed by atoms with Gasteiger partial charge in [0.2, 0.25) is 0 Å². The molecule has 45 heavy (non-hydrogen) atoms. The van der Waals surface area contributed by atoms with E-state index in [0.717, 1.165) is 68.9 Å². The zero-order chi connectivity index (χ0) is 32.7. The number of carbonyl (C=O) groups excluding carboxylic acids is 2. The van der Waals surface area contributed by atoms with Crippen LogP contribution >= 0.6 is 0 Å². The van der Waals surface area contributed by atoms with Crippen molar-refractivity contribution in [3.63, 3.8) is 0 Å². The summed E-state index contributed by atoms with van der Waals surface area (Å²) in [5, 5.41) is 0. The maximum absolute atomic E-state index is 14.3. The lowest BCUT2D eigenvalue weighted by Crippen LogP contribution is -2.67. The molecule has 5 nitrogen and oxygen atoms in total. The first-order valence-electron chi connectivity index (χ1n) is 17.4. The van der Waals surface area contributed by atoms with Crippen LogP contribution < -0.4 is 9.47 Å². The van der Waals surface area contributed by atoms with E-state index >= 15 is 0 Å². The second kappa shape index (κ2) is 10.7. The number of carbonyl (C=O) groups is 2. The normalized spacial score (nSPS) is 42.6. The molecule has 2 unspecified atom stereocenters. The van der Waals surface area contributed by atoms with E-state index < -0.39 is 5.41 Å². The number of fused-ring (bicyclic) bond motifs is 7. The molecule has 6 rings (SSSR count). The summed E-state index contributed by atoms with van der Waals surface area (Å²) in [5.74, 6) is 3.58. The molecule has 0 saturated heterocycles. The third kappa shape index (κ3) is 4.23. The molecule has 0 N–H and O–H groups in total. The molecule has 5 aliphatic carbocycles. The van der Waals surface area contributed by atoms with Crippen LogP contribution in [0.3, 0.4) is 0 Å². The zero-order valence-electron chi connectivity index (χ0n) is 29.3. The molecule has 0 bridgehead atoms. The fourth-order valence-corrected chi connectivity index (χ4v) is 12.9. The molecule has 0 heterocycles. The Morgan fingerprint density at radius 1 is 0.889 bits per heavy atom. The van der Waals surface area contributed by atoms with Crippen molar-refractivity contribution in [2.24, 2.45) is 56.7 Å². The second-order valence-electron chi connectivity index (χ2n) is 16.8. The minimum atomic E-state index is -0.451. The van der Waals surface area contributed by atoms with Gasteiger partial charge in [-0.25, -0.2) is 0 Å². The van der Waals surface area contributed by atoms with Crippen molar-refractivity contribution in [1.82, 2.24) is 0 Å². The summed E-state index contributed by atoms with van der Waals surface area (Å²) in [6.45, 7) is 18.7. The molecule has 9 atom stereocenters. The molecule has 5 aliphatic rings. The number of esters is 1. The molecular weight excluding hydrogens is 560 g/mol. The van der Waals surface area contributed by atoms with Gasteiger partial charge < -0.3 is 14.2 Å². The van der Waals surface area contributed by atoms with Gasteiger partial charge in [-0.2, -0.15) is 0 Å². The molecule has 5 heteroatoms. The summed E-state index contributed by atoms with van der Waals surface area (Å²) in [5.41, 5.74) is 2.41. The Morgan fingerprint density at radius 3 is 2.27 bits per heavy atom. The summed E-state index contributed by atoms with van der Waals surface area (Å²) >= 11 is 0. The lowest BCUT2D eigenvalue weighted by Gasteiger charge is -2.72. The van der Waals surface area contributed by atoms with E-state index in [2.05, 4.69) is 54.2 Å². The van der Waals surface area contributed by atoms with Gasteiger partial charge in [0.25, 0.3) is 0 Å². The van der Waals surface area contributed by atoms with Gasteiger partial charge in [-0.3, -0.25) is 9.59 Å². The zero-order valence-corrected chi connectivity index (χ0v) is 29.3. The molecule has 1 aromatic rings. The lowest BCUT2D eigenvalue weighted by atomic mass is 9.32. The highest BCUT2D eigenvalue weighted by Gasteiger charge is 2.72. The van der Waals surface area contributed by atoms with E-state index in [1.54, 1.807) is 21.3 Å². The van der Waals surface area contributed by atoms with E-state index in [0.29, 0.717) is 41.1 Å². The standard InChI is InChI=1S/C40H56O5/c1-24(2)27-16-19-40(35(42)45-10)21-20-38(6)28(32(27)40)14-15-31-37(5)23-26(22-25-12-11-13-29(43-8)33(25)44-9)34(41)36(3,4)30(37)17-18-39(31,38)7/h11-13,22,27-28,30-32H,1,14-21,23H2,2-10H3/t27-,28+,30?,31+,32?,37-,38+,39+,40-/m0/s1. The Morgan fingerprint density at radius 2 is 1.62 bits per heavy atom. The van der Waals surface area contributed by atoms with Crippen LogP contribution in [0, 0.1) is 56.7 Å². The van der Waals surface area contributed by atoms with E-state index in [-0.39, 0.29) is 33.4 Å². The summed E-state index contributed by atoms with van der Waals surface area (Å²) < 4.78 is 16.9. The van der Waals surface area contributed by atoms with E-state index in [1.165, 1.54) is 5.57 Å². The van der Waals surface area contributed by atoms with Gasteiger partial charge in [0.1, 0.15) is 0 Å². The minimum absolute atomic E-state index is 0.0107. The highest BCUT2D eigenvalue weighted by atomic mass is 16.5. The third-order valence-corrected chi connectivity index (χ3v) is 15.0. The van der Waals surface area contributed by atoms with Crippen molar-refractivity contribution >= 4 is 17.8 Å². The lowest BCUT2D eigenvalue weighted by molar-refractivity contribution is -0.232. The van der Waals surface area contributed by atoms with Crippen LogP contribution in [-0.4, -0.2) is 33.1 Å². The second-order valence-corrected chi connectivity index (χ2v) is 16.8. The summed E-state index contributed by atoms with van der Waals surface area (Å²) in [6, 6.07) is 5.89. The fraction of sp³-hybridized carbons (Fsp3) is 0.700. The number of allylic oxidation sites excluding steroid dienone is 2. The van der Waals surface area contributed by atoms with Gasteiger partial charge in [0.05, 0.1) is 26.7 Å². The van der Waals surface area contributed by atoms with Crippen molar-refractivity contribution in [3.8, 4) is 11.5 Å². The average molecular weight is 617 g/mol. The van der Waals surface area contributed by atoms with E-state index in [1.807, 2.05) is 18.2 Å². The maximum Gasteiger partial charge on any atom is 0.312 e. The quantitative estimate of drug-likeness (QED) is 0.188. The number of benzene rings is 1. The van der Waals surface area contributed by atoms with Crippen molar-refractivity contribution < 1.29 is 23.8 Å². The Bertz CT molecular complexity index is 1440. The predicted molar refractivity (Wildman–Crippen MR) is 179 cm³/mol. The fourth-order valence-electron chi connectivity index (χ4n) is 12.9. The van der Waals surface area contributed by atoms with Crippen molar-refractivity contribution in [3.05, 3.63) is 41.5 Å². The van der Waals surface area contributed by atoms with E-state index in [4.69, 9.17) is 14.2 Å². The molecule has 0 amide bonds. The molecule has 0 aromatic heterocycles. The number of hydrogen-bond acceptors (Lipinski definition) is 5. The molecule has 0 aliphatic heterocycles. The molecule has 5 fully saturated rings. The third-order valence-electron chi connectivity index (χ3n) is 15.0. The molecule has 0 spiro atoms. The molecule has 0 radical (unpaired) electrons. The molecule has 1 aromatic carbocycles. The van der Waals surface area contributed by atoms with Crippen LogP contribution in [0.25, 0.3) is 6.08 Å². The number of para-hydroxylation sites is 1. The first-order chi connectivity index (χ1) is 21.2. The van der Waals surface area contributed by atoms with Crippen LogP contribution in [0.4, 0.5) is 0 Å². The Labute approximate surface area is 271 Å². The SMILES string of the molecule is C=C(C)[C@@H]1CC[C@]2(C(=O)OC)CC[C@]3(C)[C@H](CC[C@@H]4[C@@]5(C)CC(=Cc6cccc(OC)c6OC)C(=O)C(C)(C)C5CC[C@]43C)C12. The van der Waals surface area contributed by atoms with Crippen LogP contribution in [-0.2, 0) is 14.3 Å². The number of methoxy groups -OCH3 is 3. The molecule has 246 valence electrons. The van der Waals surface area contributed by atoms with E-state index in [9.17, 15) is 9.59 Å². The van der Waals surface area contributed by atoms with Gasteiger partial charge in [-0.1, -0.05) is 58.9 Å².